The van der Waals surface area contributed by atoms with Crippen molar-refractivity contribution in [2.75, 3.05) is 6.54 Å². The van der Waals surface area contributed by atoms with Gasteiger partial charge in [-0.2, -0.15) is 11.8 Å². The van der Waals surface area contributed by atoms with Gasteiger partial charge in [0, 0.05) is 10.5 Å². The summed E-state index contributed by atoms with van der Waals surface area (Å²) in [5.74, 6) is 0.209. The lowest BCUT2D eigenvalue weighted by Gasteiger charge is -2.40. The van der Waals surface area contributed by atoms with E-state index in [0.29, 0.717) is 5.25 Å². The fourth-order valence-corrected chi connectivity index (χ4v) is 5.88. The van der Waals surface area contributed by atoms with Crippen LogP contribution >= 0.6 is 11.8 Å². The van der Waals surface area contributed by atoms with E-state index >= 15 is 0 Å². The zero-order valence-corrected chi connectivity index (χ0v) is 14.4. The number of hydrogen-bond acceptors (Lipinski definition) is 3. The Morgan fingerprint density at radius 1 is 1.29 bits per heavy atom. The van der Waals surface area contributed by atoms with Crippen molar-refractivity contribution in [1.82, 2.24) is 5.32 Å². The second-order valence-electron chi connectivity index (χ2n) is 7.06. The van der Waals surface area contributed by atoms with E-state index in [-0.39, 0.29) is 0 Å². The minimum atomic E-state index is -0.661. The number of carboxylic acid groups (broad SMARTS) is 1. The molecule has 2 fully saturated rings. The highest BCUT2D eigenvalue weighted by atomic mass is 32.2. The largest absolute Gasteiger partial charge is 0.480 e. The van der Waals surface area contributed by atoms with Gasteiger partial charge >= 0.3 is 5.97 Å². The summed E-state index contributed by atoms with van der Waals surface area (Å²) in [7, 11) is 0. The molecule has 4 unspecified atom stereocenters. The summed E-state index contributed by atoms with van der Waals surface area (Å²) >= 11 is 2.10. The van der Waals surface area contributed by atoms with Crippen molar-refractivity contribution in [3.05, 3.63) is 0 Å². The van der Waals surface area contributed by atoms with E-state index in [4.69, 9.17) is 0 Å². The number of nitrogens with one attached hydrogen (secondary N) is 1. The number of aliphatic carboxylic acids is 1. The third kappa shape index (κ3) is 4.62. The fourth-order valence-electron chi connectivity index (χ4n) is 3.91. The predicted octanol–water partition coefficient (Wildman–Crippen LogP) is 4.06. The van der Waals surface area contributed by atoms with Gasteiger partial charge in [0.2, 0.25) is 0 Å². The maximum atomic E-state index is 11.8. The molecule has 0 radical (unpaired) electrons. The quantitative estimate of drug-likeness (QED) is 0.776. The van der Waals surface area contributed by atoms with Crippen LogP contribution in [0.5, 0.6) is 0 Å². The first kappa shape index (κ1) is 17.1. The standard InChI is InChI=1S/C17H31NO2S/c1-3-10-18-17(16(19)20)9-5-8-15(12-17)21-14-7-4-6-13(2)11-14/h13-15,18H,3-12H2,1-2H3,(H,19,20). The maximum absolute atomic E-state index is 11.8. The molecule has 0 amide bonds. The van der Waals surface area contributed by atoms with Gasteiger partial charge in [0.1, 0.15) is 5.54 Å². The molecule has 21 heavy (non-hydrogen) atoms. The second-order valence-corrected chi connectivity index (χ2v) is 8.67. The van der Waals surface area contributed by atoms with E-state index in [0.717, 1.165) is 43.4 Å². The van der Waals surface area contributed by atoms with Crippen LogP contribution in [-0.2, 0) is 4.79 Å². The minimum Gasteiger partial charge on any atom is -0.480 e. The van der Waals surface area contributed by atoms with E-state index in [9.17, 15) is 9.90 Å². The SMILES string of the molecule is CCCNC1(C(=O)O)CCCC(SC2CCCC(C)C2)C1. The lowest BCUT2D eigenvalue weighted by atomic mass is 9.81. The van der Waals surface area contributed by atoms with E-state index in [1.807, 2.05) is 0 Å². The second kappa shape index (κ2) is 7.87. The zero-order chi connectivity index (χ0) is 15.3. The fraction of sp³-hybridized carbons (Fsp3) is 0.941. The Labute approximate surface area is 133 Å². The van der Waals surface area contributed by atoms with Crippen LogP contribution < -0.4 is 5.32 Å². The Balaban J connectivity index is 1.93. The summed E-state index contributed by atoms with van der Waals surface area (Å²) in [6.45, 7) is 5.27. The Bertz CT molecular complexity index is 350. The maximum Gasteiger partial charge on any atom is 0.323 e. The molecule has 2 N–H and O–H groups in total. The van der Waals surface area contributed by atoms with Gasteiger partial charge in [-0.1, -0.05) is 26.7 Å². The van der Waals surface area contributed by atoms with Crippen molar-refractivity contribution < 1.29 is 9.90 Å². The van der Waals surface area contributed by atoms with Crippen LogP contribution in [0.4, 0.5) is 0 Å². The molecule has 0 aliphatic heterocycles. The van der Waals surface area contributed by atoms with Gasteiger partial charge in [0.05, 0.1) is 0 Å². The highest BCUT2D eigenvalue weighted by Gasteiger charge is 2.43. The first-order valence-electron chi connectivity index (χ1n) is 8.69. The normalized spacial score (nSPS) is 37.3. The van der Waals surface area contributed by atoms with Crippen LogP contribution in [0.25, 0.3) is 0 Å². The average molecular weight is 314 g/mol. The molecule has 0 saturated heterocycles. The number of rotatable bonds is 6. The monoisotopic (exact) mass is 313 g/mol. The molecule has 122 valence electrons. The van der Waals surface area contributed by atoms with Gasteiger partial charge in [-0.3, -0.25) is 4.79 Å². The van der Waals surface area contributed by atoms with Gasteiger partial charge in [-0.05, 0) is 57.4 Å². The molecule has 4 heteroatoms. The summed E-state index contributed by atoms with van der Waals surface area (Å²) in [6.07, 6.45) is 10.2. The van der Waals surface area contributed by atoms with Crippen molar-refractivity contribution in [3.63, 3.8) is 0 Å². The number of hydrogen-bond donors (Lipinski definition) is 2. The molecule has 0 aromatic carbocycles. The number of thioether (sulfide) groups is 1. The molecule has 2 saturated carbocycles. The van der Waals surface area contributed by atoms with Gasteiger partial charge in [-0.15, -0.1) is 0 Å². The van der Waals surface area contributed by atoms with E-state index in [1.165, 1.54) is 32.1 Å². The molecular formula is C17H31NO2S. The molecule has 0 aromatic rings. The summed E-state index contributed by atoms with van der Waals surface area (Å²) < 4.78 is 0. The summed E-state index contributed by atoms with van der Waals surface area (Å²) in [6, 6.07) is 0. The van der Waals surface area contributed by atoms with E-state index in [1.54, 1.807) is 0 Å². The Hall–Kier alpha value is -0.220. The first-order chi connectivity index (χ1) is 10.1. The topological polar surface area (TPSA) is 49.3 Å². The first-order valence-corrected chi connectivity index (χ1v) is 9.64. The minimum absolute atomic E-state index is 0.523. The van der Waals surface area contributed by atoms with Crippen molar-refractivity contribution in [1.29, 1.82) is 0 Å². The van der Waals surface area contributed by atoms with Crippen molar-refractivity contribution >= 4 is 17.7 Å². The summed E-state index contributed by atoms with van der Waals surface area (Å²) in [5, 5.41) is 14.3. The molecule has 2 aliphatic rings. The van der Waals surface area contributed by atoms with Crippen LogP contribution in [0.2, 0.25) is 0 Å². The molecular weight excluding hydrogens is 282 g/mol. The van der Waals surface area contributed by atoms with Gasteiger partial charge < -0.3 is 10.4 Å². The zero-order valence-electron chi connectivity index (χ0n) is 13.6. The third-order valence-corrected chi connectivity index (χ3v) is 6.70. The van der Waals surface area contributed by atoms with E-state index < -0.39 is 11.5 Å². The predicted molar refractivity (Wildman–Crippen MR) is 89.9 cm³/mol. The summed E-state index contributed by atoms with van der Waals surface area (Å²) in [5.41, 5.74) is -0.661. The summed E-state index contributed by atoms with van der Waals surface area (Å²) in [4.78, 5) is 11.8. The molecule has 0 aromatic heterocycles. The Morgan fingerprint density at radius 2 is 2.05 bits per heavy atom. The highest BCUT2D eigenvalue weighted by molar-refractivity contribution is 8.00. The van der Waals surface area contributed by atoms with Crippen molar-refractivity contribution in [2.24, 2.45) is 5.92 Å². The molecule has 0 heterocycles. The Morgan fingerprint density at radius 3 is 2.71 bits per heavy atom. The van der Waals surface area contributed by atoms with Crippen LogP contribution in [-0.4, -0.2) is 33.7 Å². The smallest absolute Gasteiger partial charge is 0.323 e. The van der Waals surface area contributed by atoms with Gasteiger partial charge in [0.25, 0.3) is 0 Å². The number of carbonyl (C=O) groups is 1. The molecule has 0 spiro atoms. The van der Waals surface area contributed by atoms with Crippen LogP contribution in [0.15, 0.2) is 0 Å². The van der Waals surface area contributed by atoms with Crippen LogP contribution in [0, 0.1) is 5.92 Å². The molecule has 0 bridgehead atoms. The average Bonchev–Trinajstić information content (AvgIpc) is 2.45. The van der Waals surface area contributed by atoms with Crippen LogP contribution in [0.3, 0.4) is 0 Å². The third-order valence-electron chi connectivity index (χ3n) is 5.10. The van der Waals surface area contributed by atoms with Gasteiger partial charge in [0.15, 0.2) is 0 Å². The van der Waals surface area contributed by atoms with Gasteiger partial charge in [-0.25, -0.2) is 0 Å². The highest BCUT2D eigenvalue weighted by Crippen LogP contribution is 2.41. The van der Waals surface area contributed by atoms with Crippen molar-refractivity contribution in [2.45, 2.75) is 87.7 Å². The number of carboxylic acids is 1. The molecule has 4 atom stereocenters. The molecule has 2 rings (SSSR count). The lowest BCUT2D eigenvalue weighted by molar-refractivity contribution is -0.146. The molecule has 3 nitrogen and oxygen atoms in total. The van der Waals surface area contributed by atoms with E-state index in [2.05, 4.69) is 30.9 Å². The molecule has 2 aliphatic carbocycles. The lowest BCUT2D eigenvalue weighted by Crippen LogP contribution is -2.55. The van der Waals surface area contributed by atoms with Crippen LogP contribution in [0.1, 0.15) is 71.6 Å². The Kier molecular flexibility index (Phi) is 6.42. The van der Waals surface area contributed by atoms with Crippen molar-refractivity contribution in [3.8, 4) is 0 Å².